The van der Waals surface area contributed by atoms with Gasteiger partial charge in [-0.15, -0.1) is 0 Å². The summed E-state index contributed by atoms with van der Waals surface area (Å²) < 4.78 is 13.6. The number of nitrogens with one attached hydrogen (secondary N) is 2. The van der Waals surface area contributed by atoms with Gasteiger partial charge in [0.25, 0.3) is 5.91 Å². The number of hydrogen-bond donors (Lipinski definition) is 3. The zero-order chi connectivity index (χ0) is 15.6. The zero-order valence-electron chi connectivity index (χ0n) is 11.9. The number of benzene rings is 1. The van der Waals surface area contributed by atoms with Crippen molar-refractivity contribution in [2.24, 2.45) is 0 Å². The molecule has 3 N–H and O–H groups in total. The molecule has 112 valence electrons. The van der Waals surface area contributed by atoms with Crippen LogP contribution in [0.4, 0.5) is 4.39 Å². The molecule has 0 aliphatic carbocycles. The van der Waals surface area contributed by atoms with Gasteiger partial charge in [0.15, 0.2) is 0 Å². The molecule has 0 bridgehead atoms. The van der Waals surface area contributed by atoms with E-state index in [1.807, 2.05) is 0 Å². The Bertz CT molecular complexity index is 691. The van der Waals surface area contributed by atoms with Gasteiger partial charge in [0.1, 0.15) is 11.5 Å². The fourth-order valence-electron chi connectivity index (χ4n) is 2.10. The highest BCUT2D eigenvalue weighted by molar-refractivity contribution is 5.98. The molecule has 0 aliphatic heterocycles. The number of H-pyrrole nitrogens is 1. The third kappa shape index (κ3) is 3.59. The maximum Gasteiger partial charge on any atom is 0.303 e. The van der Waals surface area contributed by atoms with Crippen LogP contribution in [0.25, 0.3) is 10.9 Å². The first-order chi connectivity index (χ1) is 9.78. The Balaban J connectivity index is 2.15. The van der Waals surface area contributed by atoms with Crippen molar-refractivity contribution in [2.75, 3.05) is 0 Å². The van der Waals surface area contributed by atoms with Crippen LogP contribution in [0.2, 0.25) is 0 Å². The molecule has 2 rings (SSSR count). The number of hydrogen-bond acceptors (Lipinski definition) is 2. The maximum absolute atomic E-state index is 13.6. The molecule has 0 saturated carbocycles. The van der Waals surface area contributed by atoms with E-state index in [1.54, 1.807) is 26.0 Å². The lowest BCUT2D eigenvalue weighted by Gasteiger charge is -2.25. The first-order valence-corrected chi connectivity index (χ1v) is 6.60. The molecule has 1 aromatic carbocycles. The molecular formula is C15H17FN2O3. The van der Waals surface area contributed by atoms with Gasteiger partial charge in [-0.2, -0.15) is 0 Å². The average Bonchev–Trinajstić information content (AvgIpc) is 2.82. The summed E-state index contributed by atoms with van der Waals surface area (Å²) in [5.74, 6) is -1.70. The van der Waals surface area contributed by atoms with Gasteiger partial charge in [0, 0.05) is 22.9 Å². The van der Waals surface area contributed by atoms with Crippen LogP contribution in [-0.4, -0.2) is 27.5 Å². The molecule has 0 atom stereocenters. The molecule has 2 aromatic rings. The summed E-state index contributed by atoms with van der Waals surface area (Å²) in [6.45, 7) is 3.49. The van der Waals surface area contributed by atoms with Crippen LogP contribution in [0.3, 0.4) is 0 Å². The standard InChI is InChI=1S/C15H17FN2O3/c1-15(2,7-6-13(19)20)18-14(21)12-8-9-10(16)4-3-5-11(9)17-12/h3-5,8,17H,6-7H2,1-2H3,(H,18,21)(H,19,20). The molecule has 21 heavy (non-hydrogen) atoms. The van der Waals surface area contributed by atoms with E-state index in [9.17, 15) is 14.0 Å². The Labute approximate surface area is 121 Å². The normalized spacial score (nSPS) is 11.6. The second kappa shape index (κ2) is 5.55. The third-order valence-corrected chi connectivity index (χ3v) is 3.27. The number of carboxylic acids is 1. The van der Waals surface area contributed by atoms with Gasteiger partial charge in [0.2, 0.25) is 0 Å². The minimum absolute atomic E-state index is 0.0331. The predicted octanol–water partition coefficient (Wildman–Crippen LogP) is 2.68. The number of carbonyl (C=O) groups is 2. The van der Waals surface area contributed by atoms with Crippen molar-refractivity contribution in [2.45, 2.75) is 32.2 Å². The summed E-state index contributed by atoms with van der Waals surface area (Å²) in [5, 5.41) is 11.8. The van der Waals surface area contributed by atoms with Gasteiger partial charge in [-0.05, 0) is 38.5 Å². The van der Waals surface area contributed by atoms with E-state index in [4.69, 9.17) is 5.11 Å². The van der Waals surface area contributed by atoms with E-state index in [0.29, 0.717) is 17.3 Å². The van der Waals surface area contributed by atoms with E-state index < -0.39 is 17.3 Å². The van der Waals surface area contributed by atoms with Crippen LogP contribution in [0, 0.1) is 5.82 Å². The van der Waals surface area contributed by atoms with Crippen molar-refractivity contribution in [1.29, 1.82) is 0 Å². The summed E-state index contributed by atoms with van der Waals surface area (Å²) in [6, 6.07) is 6.03. The molecular weight excluding hydrogens is 275 g/mol. The van der Waals surface area contributed by atoms with Gasteiger partial charge in [-0.25, -0.2) is 4.39 Å². The summed E-state index contributed by atoms with van der Waals surface area (Å²) >= 11 is 0. The van der Waals surface area contributed by atoms with Crippen LogP contribution < -0.4 is 5.32 Å². The molecule has 0 unspecified atom stereocenters. The summed E-state index contributed by atoms with van der Waals surface area (Å²) in [7, 11) is 0. The highest BCUT2D eigenvalue weighted by Gasteiger charge is 2.23. The zero-order valence-corrected chi connectivity index (χ0v) is 11.9. The van der Waals surface area contributed by atoms with Gasteiger partial charge >= 0.3 is 5.97 Å². The first kappa shape index (κ1) is 15.0. The average molecular weight is 292 g/mol. The smallest absolute Gasteiger partial charge is 0.303 e. The van der Waals surface area contributed by atoms with Crippen molar-refractivity contribution < 1.29 is 19.1 Å². The minimum atomic E-state index is -0.912. The molecule has 0 spiro atoms. The molecule has 1 aromatic heterocycles. The maximum atomic E-state index is 13.6. The molecule has 1 heterocycles. The van der Waals surface area contributed by atoms with Crippen LogP contribution in [-0.2, 0) is 4.79 Å². The molecule has 0 fully saturated rings. The number of carboxylic acid groups (broad SMARTS) is 1. The van der Waals surface area contributed by atoms with Crippen LogP contribution >= 0.6 is 0 Å². The third-order valence-electron chi connectivity index (χ3n) is 3.27. The quantitative estimate of drug-likeness (QED) is 0.792. The lowest BCUT2D eigenvalue weighted by atomic mass is 9.98. The highest BCUT2D eigenvalue weighted by Crippen LogP contribution is 2.19. The van der Waals surface area contributed by atoms with Gasteiger partial charge in [-0.3, -0.25) is 9.59 Å². The molecule has 5 nitrogen and oxygen atoms in total. The van der Waals surface area contributed by atoms with Crippen LogP contribution in [0.15, 0.2) is 24.3 Å². The van der Waals surface area contributed by atoms with E-state index in [-0.39, 0.29) is 18.0 Å². The number of fused-ring (bicyclic) bond motifs is 1. The van der Waals surface area contributed by atoms with Crippen molar-refractivity contribution in [3.05, 3.63) is 35.8 Å². The number of aromatic amines is 1. The van der Waals surface area contributed by atoms with E-state index in [0.717, 1.165) is 0 Å². The van der Waals surface area contributed by atoms with Gasteiger partial charge in [-0.1, -0.05) is 6.07 Å². The number of carbonyl (C=O) groups excluding carboxylic acids is 1. The molecule has 0 saturated heterocycles. The number of amides is 1. The summed E-state index contributed by atoms with van der Waals surface area (Å²) in [4.78, 5) is 25.6. The Morgan fingerprint density at radius 3 is 2.71 bits per heavy atom. The predicted molar refractivity (Wildman–Crippen MR) is 76.7 cm³/mol. The van der Waals surface area contributed by atoms with Crippen molar-refractivity contribution in [3.8, 4) is 0 Å². The Morgan fingerprint density at radius 1 is 1.38 bits per heavy atom. The molecule has 6 heteroatoms. The van der Waals surface area contributed by atoms with E-state index >= 15 is 0 Å². The van der Waals surface area contributed by atoms with E-state index in [1.165, 1.54) is 12.1 Å². The summed E-state index contributed by atoms with van der Waals surface area (Å²) in [5.41, 5.74) is 0.132. The second-order valence-corrected chi connectivity index (χ2v) is 5.62. The minimum Gasteiger partial charge on any atom is -0.481 e. The Kier molecular flexibility index (Phi) is 3.97. The largest absolute Gasteiger partial charge is 0.481 e. The second-order valence-electron chi connectivity index (χ2n) is 5.62. The molecule has 1 amide bonds. The van der Waals surface area contributed by atoms with Gasteiger partial charge < -0.3 is 15.4 Å². The lowest BCUT2D eigenvalue weighted by molar-refractivity contribution is -0.137. The van der Waals surface area contributed by atoms with Crippen molar-refractivity contribution >= 4 is 22.8 Å². The monoisotopic (exact) mass is 292 g/mol. The Hall–Kier alpha value is -2.37. The first-order valence-electron chi connectivity index (χ1n) is 6.60. The number of rotatable bonds is 5. The lowest BCUT2D eigenvalue weighted by Crippen LogP contribution is -2.43. The molecule has 0 radical (unpaired) electrons. The number of aliphatic carboxylic acids is 1. The van der Waals surface area contributed by atoms with Crippen molar-refractivity contribution in [3.63, 3.8) is 0 Å². The van der Waals surface area contributed by atoms with Crippen LogP contribution in [0.1, 0.15) is 37.2 Å². The fourth-order valence-corrected chi connectivity index (χ4v) is 2.10. The number of halogens is 1. The summed E-state index contributed by atoms with van der Waals surface area (Å²) in [6.07, 6.45) is 0.275. The Morgan fingerprint density at radius 2 is 2.10 bits per heavy atom. The fraction of sp³-hybridized carbons (Fsp3) is 0.333. The van der Waals surface area contributed by atoms with E-state index in [2.05, 4.69) is 10.3 Å². The SMILES string of the molecule is CC(C)(CCC(=O)O)NC(=O)c1cc2c(F)cccc2[nH]1. The molecule has 0 aliphatic rings. The van der Waals surface area contributed by atoms with Crippen LogP contribution in [0.5, 0.6) is 0 Å². The van der Waals surface area contributed by atoms with Crippen molar-refractivity contribution in [1.82, 2.24) is 10.3 Å². The topological polar surface area (TPSA) is 82.2 Å². The van der Waals surface area contributed by atoms with Gasteiger partial charge in [0.05, 0.1) is 0 Å². The number of aromatic nitrogens is 1. The highest BCUT2D eigenvalue weighted by atomic mass is 19.1.